The van der Waals surface area contributed by atoms with Crippen LogP contribution in [0.2, 0.25) is 0 Å². The number of amides is 1. The lowest BCUT2D eigenvalue weighted by molar-refractivity contribution is -0.120. The molecule has 3 heterocycles. The Bertz CT molecular complexity index is 1290. The third-order valence-electron chi connectivity index (χ3n) is 6.52. The molecule has 1 aromatic heterocycles. The molecular formula is C25H28N4O3S2. The van der Waals surface area contributed by atoms with Crippen molar-refractivity contribution < 1.29 is 13.2 Å². The first-order chi connectivity index (χ1) is 16.4. The molecule has 2 aliphatic rings. The SMILES string of the molecule is CCS(=O)(=O)N1Cc2ccccc2C[C@@H]1C(=O)Nc1nc2c(s1)CN(Cc1ccccc1)CC2. The fourth-order valence-electron chi connectivity index (χ4n) is 4.65. The van der Waals surface area contributed by atoms with E-state index < -0.39 is 16.1 Å². The second-order valence-corrected chi connectivity index (χ2v) is 12.1. The zero-order valence-electron chi connectivity index (χ0n) is 19.1. The number of sulfonamides is 1. The van der Waals surface area contributed by atoms with E-state index in [9.17, 15) is 13.2 Å². The normalized spacial score (nSPS) is 18.8. The molecule has 2 aromatic carbocycles. The van der Waals surface area contributed by atoms with Gasteiger partial charge in [-0.25, -0.2) is 13.4 Å². The van der Waals surface area contributed by atoms with E-state index in [-0.39, 0.29) is 18.2 Å². The van der Waals surface area contributed by atoms with E-state index in [0.29, 0.717) is 11.6 Å². The maximum atomic E-state index is 13.3. The fourth-order valence-corrected chi connectivity index (χ4v) is 6.93. The first-order valence-electron chi connectivity index (χ1n) is 11.5. The number of rotatable bonds is 6. The molecule has 9 heteroatoms. The van der Waals surface area contributed by atoms with Gasteiger partial charge in [-0.2, -0.15) is 4.31 Å². The van der Waals surface area contributed by atoms with E-state index in [1.807, 2.05) is 30.3 Å². The molecule has 0 fully saturated rings. The number of anilines is 1. The average molecular weight is 497 g/mol. The van der Waals surface area contributed by atoms with E-state index >= 15 is 0 Å². The predicted molar refractivity (Wildman–Crippen MR) is 134 cm³/mol. The molecule has 0 saturated heterocycles. The molecule has 2 aliphatic heterocycles. The van der Waals surface area contributed by atoms with E-state index in [4.69, 9.17) is 0 Å². The Labute approximate surface area is 204 Å². The molecule has 1 atom stereocenters. The van der Waals surface area contributed by atoms with Crippen LogP contribution in [0.1, 0.15) is 34.2 Å². The Morgan fingerprint density at radius 2 is 1.82 bits per heavy atom. The number of thiazole rings is 1. The number of aromatic nitrogens is 1. The van der Waals surface area contributed by atoms with Crippen molar-refractivity contribution in [1.82, 2.24) is 14.2 Å². The Kier molecular flexibility index (Phi) is 6.52. The van der Waals surface area contributed by atoms with E-state index in [2.05, 4.69) is 39.5 Å². The molecule has 5 rings (SSSR count). The van der Waals surface area contributed by atoms with Gasteiger partial charge in [-0.1, -0.05) is 54.6 Å². The summed E-state index contributed by atoms with van der Waals surface area (Å²) in [5.41, 5.74) is 4.27. The molecule has 7 nitrogen and oxygen atoms in total. The van der Waals surface area contributed by atoms with Gasteiger partial charge in [0.15, 0.2) is 5.13 Å². The first-order valence-corrected chi connectivity index (χ1v) is 14.0. The van der Waals surface area contributed by atoms with Crippen LogP contribution in [0.4, 0.5) is 5.13 Å². The summed E-state index contributed by atoms with van der Waals surface area (Å²) >= 11 is 1.49. The molecule has 0 saturated carbocycles. The van der Waals surface area contributed by atoms with Crippen molar-refractivity contribution in [3.63, 3.8) is 0 Å². The predicted octanol–water partition coefficient (Wildman–Crippen LogP) is 3.42. The highest BCUT2D eigenvalue weighted by atomic mass is 32.2. The van der Waals surface area contributed by atoms with Crippen LogP contribution in [-0.2, 0) is 47.3 Å². The van der Waals surface area contributed by atoms with Gasteiger partial charge in [0.05, 0.1) is 11.4 Å². The van der Waals surface area contributed by atoms with Crippen LogP contribution in [0.3, 0.4) is 0 Å². The molecule has 1 amide bonds. The quantitative estimate of drug-likeness (QED) is 0.566. The Hall–Kier alpha value is -2.59. The van der Waals surface area contributed by atoms with Crippen LogP contribution >= 0.6 is 11.3 Å². The summed E-state index contributed by atoms with van der Waals surface area (Å²) in [6.45, 7) is 4.42. The van der Waals surface area contributed by atoms with E-state index in [1.165, 1.54) is 21.2 Å². The second-order valence-electron chi connectivity index (χ2n) is 8.76. The van der Waals surface area contributed by atoms with Gasteiger partial charge in [-0.15, -0.1) is 11.3 Å². The summed E-state index contributed by atoms with van der Waals surface area (Å²) in [4.78, 5) is 21.5. The maximum Gasteiger partial charge on any atom is 0.244 e. The minimum absolute atomic E-state index is 0.0399. The van der Waals surface area contributed by atoms with Gasteiger partial charge in [-0.05, 0) is 30.0 Å². The summed E-state index contributed by atoms with van der Waals surface area (Å²) in [7, 11) is -3.54. The molecule has 0 bridgehead atoms. The van der Waals surface area contributed by atoms with Crippen molar-refractivity contribution in [2.45, 2.75) is 45.4 Å². The van der Waals surface area contributed by atoms with Gasteiger partial charge in [0, 0.05) is 37.5 Å². The van der Waals surface area contributed by atoms with Gasteiger partial charge < -0.3 is 5.32 Å². The standard InChI is InChI=1S/C25H28N4O3S2/c1-2-34(31,32)29-16-20-11-7-6-10-19(20)14-22(29)24(30)27-25-26-21-12-13-28(17-23(21)33-25)15-18-8-4-3-5-9-18/h3-11,22H,2,12-17H2,1H3,(H,26,27,30)/t22-/m1/s1. The smallest absolute Gasteiger partial charge is 0.244 e. The van der Waals surface area contributed by atoms with Gasteiger partial charge in [-0.3, -0.25) is 9.69 Å². The van der Waals surface area contributed by atoms with Crippen LogP contribution in [0.15, 0.2) is 54.6 Å². The molecule has 0 aliphatic carbocycles. The lowest BCUT2D eigenvalue weighted by atomic mass is 9.95. The Balaban J connectivity index is 1.31. The van der Waals surface area contributed by atoms with Crippen molar-refractivity contribution in [2.75, 3.05) is 17.6 Å². The number of carbonyl (C=O) groups is 1. The van der Waals surface area contributed by atoms with Crippen LogP contribution in [-0.4, -0.2) is 46.9 Å². The van der Waals surface area contributed by atoms with Crippen molar-refractivity contribution in [3.8, 4) is 0 Å². The monoisotopic (exact) mass is 496 g/mol. The largest absolute Gasteiger partial charge is 0.301 e. The minimum Gasteiger partial charge on any atom is -0.301 e. The molecule has 178 valence electrons. The van der Waals surface area contributed by atoms with Crippen molar-refractivity contribution >= 4 is 32.4 Å². The summed E-state index contributed by atoms with van der Waals surface area (Å²) in [6.07, 6.45) is 1.19. The number of hydrogen-bond donors (Lipinski definition) is 1. The topological polar surface area (TPSA) is 82.6 Å². The van der Waals surface area contributed by atoms with Crippen LogP contribution in [0.5, 0.6) is 0 Å². The summed E-state index contributed by atoms with van der Waals surface area (Å²) < 4.78 is 27.0. The van der Waals surface area contributed by atoms with Crippen molar-refractivity contribution in [2.24, 2.45) is 0 Å². The number of nitrogens with zero attached hydrogens (tertiary/aromatic N) is 3. The van der Waals surface area contributed by atoms with Gasteiger partial charge in [0.1, 0.15) is 6.04 Å². The number of benzene rings is 2. The van der Waals surface area contributed by atoms with E-state index in [1.54, 1.807) is 6.92 Å². The highest BCUT2D eigenvalue weighted by Crippen LogP contribution is 2.31. The molecule has 3 aromatic rings. The maximum absolute atomic E-state index is 13.3. The second kappa shape index (κ2) is 9.58. The third-order valence-corrected chi connectivity index (χ3v) is 9.35. The van der Waals surface area contributed by atoms with Crippen LogP contribution in [0, 0.1) is 0 Å². The Morgan fingerprint density at radius 1 is 1.09 bits per heavy atom. The van der Waals surface area contributed by atoms with Crippen molar-refractivity contribution in [3.05, 3.63) is 81.9 Å². The summed E-state index contributed by atoms with van der Waals surface area (Å²) in [5, 5.41) is 3.48. The van der Waals surface area contributed by atoms with Crippen LogP contribution < -0.4 is 5.32 Å². The van der Waals surface area contributed by atoms with Gasteiger partial charge in [0.25, 0.3) is 0 Å². The number of nitrogens with one attached hydrogen (secondary N) is 1. The van der Waals surface area contributed by atoms with E-state index in [0.717, 1.165) is 47.8 Å². The fraction of sp³-hybridized carbons (Fsp3) is 0.360. The lowest BCUT2D eigenvalue weighted by Crippen LogP contribution is -2.51. The Morgan fingerprint density at radius 3 is 2.59 bits per heavy atom. The minimum atomic E-state index is -3.54. The molecule has 0 radical (unpaired) electrons. The molecule has 1 N–H and O–H groups in total. The number of carbonyl (C=O) groups excluding carboxylic acids is 1. The van der Waals surface area contributed by atoms with Gasteiger partial charge in [0.2, 0.25) is 15.9 Å². The van der Waals surface area contributed by atoms with Crippen LogP contribution in [0.25, 0.3) is 0 Å². The number of hydrogen-bond acceptors (Lipinski definition) is 6. The molecule has 34 heavy (non-hydrogen) atoms. The first kappa shape index (κ1) is 23.2. The molecule has 0 unspecified atom stereocenters. The van der Waals surface area contributed by atoms with Gasteiger partial charge >= 0.3 is 0 Å². The zero-order chi connectivity index (χ0) is 23.7. The number of fused-ring (bicyclic) bond motifs is 2. The average Bonchev–Trinajstić information content (AvgIpc) is 3.25. The summed E-state index contributed by atoms with van der Waals surface area (Å²) in [6, 6.07) is 17.3. The summed E-state index contributed by atoms with van der Waals surface area (Å²) in [5.74, 6) is -0.361. The molecule has 0 spiro atoms. The highest BCUT2D eigenvalue weighted by Gasteiger charge is 2.38. The lowest BCUT2D eigenvalue weighted by Gasteiger charge is -2.34. The third kappa shape index (κ3) is 4.79. The highest BCUT2D eigenvalue weighted by molar-refractivity contribution is 7.89. The zero-order valence-corrected chi connectivity index (χ0v) is 20.7. The molecular weight excluding hydrogens is 468 g/mol. The van der Waals surface area contributed by atoms with Crippen molar-refractivity contribution in [1.29, 1.82) is 0 Å².